The molecular formula is C17H20N6OS. The summed E-state index contributed by atoms with van der Waals surface area (Å²) in [6.07, 6.45) is 5.57. The molecule has 1 atom stereocenters. The minimum absolute atomic E-state index is 0.0325. The van der Waals surface area contributed by atoms with E-state index in [0.717, 1.165) is 41.5 Å². The minimum atomic E-state index is 0.0325. The summed E-state index contributed by atoms with van der Waals surface area (Å²) in [5.41, 5.74) is 2.47. The number of hydrogen-bond donors (Lipinski definition) is 1. The van der Waals surface area contributed by atoms with E-state index in [4.69, 9.17) is 0 Å². The maximum Gasteiger partial charge on any atom is 0.270 e. The van der Waals surface area contributed by atoms with Crippen molar-refractivity contribution in [2.24, 2.45) is 7.05 Å². The third-order valence-corrected chi connectivity index (χ3v) is 5.42. The quantitative estimate of drug-likeness (QED) is 0.782. The Labute approximate surface area is 149 Å². The van der Waals surface area contributed by atoms with E-state index in [1.165, 1.54) is 0 Å². The number of aromatic nitrogens is 5. The Kier molecular flexibility index (Phi) is 4.12. The molecule has 4 rings (SSSR count). The molecule has 0 aliphatic carbocycles. The first-order valence-electron chi connectivity index (χ1n) is 8.36. The van der Waals surface area contributed by atoms with Crippen molar-refractivity contribution in [3.63, 3.8) is 0 Å². The van der Waals surface area contributed by atoms with Gasteiger partial charge >= 0.3 is 0 Å². The number of piperidine rings is 1. The maximum absolute atomic E-state index is 12.9. The number of aromatic amines is 1. The van der Waals surface area contributed by atoms with Crippen molar-refractivity contribution in [1.29, 1.82) is 0 Å². The highest BCUT2D eigenvalue weighted by atomic mass is 32.1. The number of carbonyl (C=O) groups excluding carboxylic acids is 1. The molecule has 0 spiro atoms. The number of likely N-dealkylation sites (tertiary alicyclic amines) is 1. The molecule has 1 aliphatic heterocycles. The molecule has 7 nitrogen and oxygen atoms in total. The lowest BCUT2D eigenvalue weighted by Crippen LogP contribution is -2.39. The van der Waals surface area contributed by atoms with Crippen LogP contribution in [0.5, 0.6) is 0 Å². The highest BCUT2D eigenvalue weighted by molar-refractivity contribution is 7.09. The molecule has 1 amide bonds. The first-order chi connectivity index (χ1) is 12.1. The monoisotopic (exact) mass is 356 g/mol. The van der Waals surface area contributed by atoms with Gasteiger partial charge in [0.1, 0.15) is 17.8 Å². The van der Waals surface area contributed by atoms with E-state index in [-0.39, 0.29) is 11.8 Å². The van der Waals surface area contributed by atoms with Crippen LogP contribution >= 0.6 is 11.3 Å². The lowest BCUT2D eigenvalue weighted by molar-refractivity contribution is 0.0698. The number of amides is 1. The molecule has 1 aliphatic rings. The summed E-state index contributed by atoms with van der Waals surface area (Å²) < 4.78 is 1.94. The van der Waals surface area contributed by atoms with Gasteiger partial charge in [0.15, 0.2) is 0 Å². The second kappa shape index (κ2) is 6.44. The number of nitrogens with zero attached hydrogens (tertiary/aromatic N) is 5. The summed E-state index contributed by atoms with van der Waals surface area (Å²) in [6, 6.07) is 1.89. The molecule has 0 aromatic carbocycles. The van der Waals surface area contributed by atoms with Gasteiger partial charge in [-0.1, -0.05) is 0 Å². The first kappa shape index (κ1) is 16.0. The van der Waals surface area contributed by atoms with E-state index < -0.39 is 0 Å². The second-order valence-corrected chi connectivity index (χ2v) is 7.51. The van der Waals surface area contributed by atoms with E-state index in [0.29, 0.717) is 12.2 Å². The van der Waals surface area contributed by atoms with Gasteiger partial charge in [0.25, 0.3) is 5.91 Å². The van der Waals surface area contributed by atoms with Crippen molar-refractivity contribution >= 4 is 17.2 Å². The first-order valence-corrected chi connectivity index (χ1v) is 9.24. The Morgan fingerprint density at radius 1 is 1.44 bits per heavy atom. The van der Waals surface area contributed by atoms with Crippen LogP contribution in [0.3, 0.4) is 0 Å². The van der Waals surface area contributed by atoms with Crippen molar-refractivity contribution in [2.45, 2.75) is 25.7 Å². The van der Waals surface area contributed by atoms with Gasteiger partial charge in [0, 0.05) is 43.2 Å². The van der Waals surface area contributed by atoms with Gasteiger partial charge in [-0.2, -0.15) is 0 Å². The summed E-state index contributed by atoms with van der Waals surface area (Å²) in [6.45, 7) is 3.43. The van der Waals surface area contributed by atoms with Crippen LogP contribution in [0.2, 0.25) is 0 Å². The predicted octanol–water partition coefficient (Wildman–Crippen LogP) is 2.59. The maximum atomic E-state index is 12.9. The molecule has 0 unspecified atom stereocenters. The highest BCUT2D eigenvalue weighted by Gasteiger charge is 2.28. The Hall–Kier alpha value is -2.48. The Balaban J connectivity index is 1.51. The zero-order valence-electron chi connectivity index (χ0n) is 14.3. The molecule has 0 radical (unpaired) electrons. The molecule has 3 aromatic rings. The van der Waals surface area contributed by atoms with Crippen LogP contribution in [-0.4, -0.2) is 48.6 Å². The molecule has 0 saturated carbocycles. The van der Waals surface area contributed by atoms with E-state index in [1.807, 2.05) is 41.1 Å². The van der Waals surface area contributed by atoms with Crippen molar-refractivity contribution in [2.75, 3.05) is 13.1 Å². The molecule has 25 heavy (non-hydrogen) atoms. The smallest absolute Gasteiger partial charge is 0.270 e. The number of nitrogens with one attached hydrogen (secondary N) is 1. The molecule has 1 fully saturated rings. The van der Waals surface area contributed by atoms with Crippen molar-refractivity contribution in [1.82, 2.24) is 29.6 Å². The number of carbonyl (C=O) groups is 1. The number of thiazole rings is 1. The van der Waals surface area contributed by atoms with Gasteiger partial charge in [0.05, 0.1) is 10.7 Å². The average Bonchev–Trinajstić information content (AvgIpc) is 3.34. The Morgan fingerprint density at radius 3 is 3.04 bits per heavy atom. The third kappa shape index (κ3) is 3.09. The van der Waals surface area contributed by atoms with E-state index in [9.17, 15) is 4.79 Å². The number of rotatable bonds is 3. The standard InChI is InChI=1S/C17H20N6OS/c1-11-20-15(9-25-11)13-6-14(18-7-13)17(24)23-5-3-4-12(8-23)16-21-19-10-22(16)2/h6-7,9-10,12,18H,3-5,8H2,1-2H3/t12-/m1/s1. The Bertz CT molecular complexity index is 894. The molecule has 8 heteroatoms. The van der Waals surface area contributed by atoms with Crippen LogP contribution in [0.25, 0.3) is 11.3 Å². The molecule has 1 N–H and O–H groups in total. The van der Waals surface area contributed by atoms with Gasteiger partial charge < -0.3 is 14.5 Å². The van der Waals surface area contributed by atoms with Crippen LogP contribution in [0, 0.1) is 6.92 Å². The van der Waals surface area contributed by atoms with Crippen molar-refractivity contribution < 1.29 is 4.79 Å². The molecular weight excluding hydrogens is 336 g/mol. The zero-order valence-corrected chi connectivity index (χ0v) is 15.1. The van der Waals surface area contributed by atoms with Gasteiger partial charge in [-0.15, -0.1) is 21.5 Å². The van der Waals surface area contributed by atoms with Gasteiger partial charge in [-0.05, 0) is 25.8 Å². The predicted molar refractivity (Wildman–Crippen MR) is 95.5 cm³/mol. The summed E-state index contributed by atoms with van der Waals surface area (Å²) in [5, 5.41) is 11.2. The van der Waals surface area contributed by atoms with Gasteiger partial charge in [0.2, 0.25) is 0 Å². The van der Waals surface area contributed by atoms with E-state index >= 15 is 0 Å². The minimum Gasteiger partial charge on any atom is -0.357 e. The lowest BCUT2D eigenvalue weighted by atomic mass is 9.97. The zero-order chi connectivity index (χ0) is 17.4. The molecule has 4 heterocycles. The fourth-order valence-electron chi connectivity index (χ4n) is 3.37. The summed E-state index contributed by atoms with van der Waals surface area (Å²) in [7, 11) is 1.95. The van der Waals surface area contributed by atoms with Crippen LogP contribution in [0.4, 0.5) is 0 Å². The number of H-pyrrole nitrogens is 1. The second-order valence-electron chi connectivity index (χ2n) is 6.44. The van der Waals surface area contributed by atoms with Crippen LogP contribution < -0.4 is 0 Å². The summed E-state index contributed by atoms with van der Waals surface area (Å²) in [4.78, 5) is 22.4. The van der Waals surface area contributed by atoms with Crippen LogP contribution in [-0.2, 0) is 7.05 Å². The average molecular weight is 356 g/mol. The molecule has 1 saturated heterocycles. The Morgan fingerprint density at radius 2 is 2.32 bits per heavy atom. The summed E-state index contributed by atoms with van der Waals surface area (Å²) >= 11 is 1.61. The number of hydrogen-bond acceptors (Lipinski definition) is 5. The van der Waals surface area contributed by atoms with Crippen LogP contribution in [0.15, 0.2) is 24.0 Å². The van der Waals surface area contributed by atoms with Gasteiger partial charge in [-0.25, -0.2) is 4.98 Å². The molecule has 0 bridgehead atoms. The highest BCUT2D eigenvalue weighted by Crippen LogP contribution is 2.27. The summed E-state index contributed by atoms with van der Waals surface area (Å²) in [5.74, 6) is 1.22. The van der Waals surface area contributed by atoms with Gasteiger partial charge in [-0.3, -0.25) is 4.79 Å². The van der Waals surface area contributed by atoms with Crippen LogP contribution in [0.1, 0.15) is 40.1 Å². The topological polar surface area (TPSA) is 79.7 Å². The fourth-order valence-corrected chi connectivity index (χ4v) is 3.99. The number of aryl methyl sites for hydroxylation is 2. The SMILES string of the molecule is Cc1nc(-c2c[nH]c(C(=O)N3CCC[C@@H](c4nncn4C)C3)c2)cs1. The lowest BCUT2D eigenvalue weighted by Gasteiger charge is -2.31. The van der Waals surface area contributed by atoms with E-state index in [2.05, 4.69) is 20.2 Å². The third-order valence-electron chi connectivity index (χ3n) is 4.65. The fraction of sp³-hybridized carbons (Fsp3) is 0.412. The molecule has 130 valence electrons. The van der Waals surface area contributed by atoms with E-state index in [1.54, 1.807) is 17.7 Å². The molecule has 3 aromatic heterocycles. The van der Waals surface area contributed by atoms with Crippen molar-refractivity contribution in [3.05, 3.63) is 40.5 Å². The van der Waals surface area contributed by atoms with Crippen molar-refractivity contribution in [3.8, 4) is 11.3 Å². The normalized spacial score (nSPS) is 17.8. The largest absolute Gasteiger partial charge is 0.357 e.